The fourth-order valence-electron chi connectivity index (χ4n) is 1.45. The summed E-state index contributed by atoms with van der Waals surface area (Å²) in [4.78, 5) is 29.0. The Morgan fingerprint density at radius 2 is 2.29 bits per heavy atom. The normalized spacial score (nSPS) is 10.5. The summed E-state index contributed by atoms with van der Waals surface area (Å²) in [5, 5.41) is -0.166. The molecule has 0 unspecified atom stereocenters. The molecule has 0 spiro atoms. The molecule has 0 bridgehead atoms. The molecule has 0 saturated heterocycles. The van der Waals surface area contributed by atoms with Crippen molar-refractivity contribution in [2.75, 3.05) is 6.61 Å². The van der Waals surface area contributed by atoms with Crippen molar-refractivity contribution in [3.63, 3.8) is 0 Å². The van der Waals surface area contributed by atoms with Crippen LogP contribution in [0.3, 0.4) is 0 Å². The second-order valence-electron chi connectivity index (χ2n) is 3.27. The van der Waals surface area contributed by atoms with Gasteiger partial charge >= 0.3 is 5.97 Å². The Labute approximate surface area is 95.2 Å². The third-order valence-corrected chi connectivity index (χ3v) is 2.15. The highest BCUT2D eigenvalue weighted by molar-refractivity contribution is 5.88. The quantitative estimate of drug-likeness (QED) is 0.796. The first kappa shape index (κ1) is 11.3. The van der Waals surface area contributed by atoms with E-state index in [4.69, 9.17) is 4.74 Å². The van der Waals surface area contributed by atoms with Crippen LogP contribution >= 0.6 is 0 Å². The lowest BCUT2D eigenvalue weighted by atomic mass is 10.2. The molecule has 0 radical (unpaired) electrons. The number of fused-ring (bicyclic) bond motifs is 1. The number of hydrogen-bond acceptors (Lipinski definition) is 4. The SMILES string of the molecule is CCOC(=O)c1nc2cccc(F)c2c(=O)[nH]1. The number of aromatic amines is 1. The van der Waals surface area contributed by atoms with Crippen LogP contribution < -0.4 is 5.56 Å². The summed E-state index contributed by atoms with van der Waals surface area (Å²) in [6, 6.07) is 4.03. The molecule has 2 aromatic rings. The zero-order valence-corrected chi connectivity index (χ0v) is 8.99. The Hall–Kier alpha value is -2.24. The van der Waals surface area contributed by atoms with Gasteiger partial charge in [0, 0.05) is 0 Å². The minimum Gasteiger partial charge on any atom is -0.460 e. The first-order valence-electron chi connectivity index (χ1n) is 4.99. The van der Waals surface area contributed by atoms with E-state index < -0.39 is 17.3 Å². The summed E-state index contributed by atoms with van der Waals surface area (Å²) in [5.74, 6) is -1.64. The second kappa shape index (κ2) is 4.32. The maximum Gasteiger partial charge on any atom is 0.374 e. The maximum atomic E-state index is 13.4. The first-order valence-corrected chi connectivity index (χ1v) is 4.99. The zero-order valence-electron chi connectivity index (χ0n) is 8.99. The number of carbonyl (C=O) groups excluding carboxylic acids is 1. The number of hydrogen-bond donors (Lipinski definition) is 1. The van der Waals surface area contributed by atoms with Crippen molar-refractivity contribution >= 4 is 16.9 Å². The van der Waals surface area contributed by atoms with Gasteiger partial charge in [-0.15, -0.1) is 0 Å². The monoisotopic (exact) mass is 236 g/mol. The van der Waals surface area contributed by atoms with Gasteiger partial charge in [0.25, 0.3) is 5.56 Å². The standard InChI is InChI=1S/C11H9FN2O3/c1-2-17-11(16)9-13-7-5-3-4-6(12)8(7)10(15)14-9/h3-5H,2H2,1H3,(H,13,14,15). The molecule has 5 nitrogen and oxygen atoms in total. The summed E-state index contributed by atoms with van der Waals surface area (Å²) in [6.07, 6.45) is 0. The third-order valence-electron chi connectivity index (χ3n) is 2.15. The Bertz CT molecular complexity index is 636. The van der Waals surface area contributed by atoms with Crippen LogP contribution in [0.2, 0.25) is 0 Å². The number of carbonyl (C=O) groups is 1. The highest BCUT2D eigenvalue weighted by atomic mass is 19.1. The molecule has 2 rings (SSSR count). The molecule has 0 saturated carbocycles. The fourth-order valence-corrected chi connectivity index (χ4v) is 1.45. The summed E-state index contributed by atoms with van der Waals surface area (Å²) in [7, 11) is 0. The Morgan fingerprint density at radius 3 is 3.00 bits per heavy atom. The second-order valence-corrected chi connectivity index (χ2v) is 3.27. The Kier molecular flexibility index (Phi) is 2.86. The van der Waals surface area contributed by atoms with Gasteiger partial charge in [-0.25, -0.2) is 14.2 Å². The number of benzene rings is 1. The zero-order chi connectivity index (χ0) is 12.4. The van der Waals surface area contributed by atoms with Gasteiger partial charge in [-0.1, -0.05) is 6.07 Å². The van der Waals surface area contributed by atoms with E-state index in [1.165, 1.54) is 12.1 Å². The van der Waals surface area contributed by atoms with Gasteiger partial charge in [0.2, 0.25) is 5.82 Å². The van der Waals surface area contributed by atoms with Gasteiger partial charge < -0.3 is 9.72 Å². The van der Waals surface area contributed by atoms with Gasteiger partial charge in [0.15, 0.2) is 0 Å². The number of ether oxygens (including phenoxy) is 1. The molecular weight excluding hydrogens is 227 g/mol. The van der Waals surface area contributed by atoms with Crippen LogP contribution in [0.15, 0.2) is 23.0 Å². The number of nitrogens with zero attached hydrogens (tertiary/aromatic N) is 1. The number of rotatable bonds is 2. The van der Waals surface area contributed by atoms with Crippen LogP contribution in [-0.4, -0.2) is 22.5 Å². The molecule has 1 N–H and O–H groups in total. The minimum atomic E-state index is -0.740. The summed E-state index contributed by atoms with van der Waals surface area (Å²) in [5.41, 5.74) is -0.576. The van der Waals surface area contributed by atoms with E-state index in [0.717, 1.165) is 6.07 Å². The van der Waals surface area contributed by atoms with Crippen LogP contribution in [0.5, 0.6) is 0 Å². The molecule has 1 aromatic heterocycles. The van der Waals surface area contributed by atoms with E-state index in [9.17, 15) is 14.0 Å². The van der Waals surface area contributed by atoms with Gasteiger partial charge in [0.05, 0.1) is 12.1 Å². The van der Waals surface area contributed by atoms with Crippen molar-refractivity contribution in [1.29, 1.82) is 0 Å². The Morgan fingerprint density at radius 1 is 1.53 bits per heavy atom. The van der Waals surface area contributed by atoms with Crippen LogP contribution in [0.1, 0.15) is 17.5 Å². The molecule has 6 heteroatoms. The summed E-state index contributed by atoms with van der Waals surface area (Å²) < 4.78 is 18.0. The fraction of sp³-hybridized carbons (Fsp3) is 0.182. The molecule has 1 heterocycles. The minimum absolute atomic E-state index is 0.122. The molecule has 0 aliphatic rings. The number of halogens is 1. The number of esters is 1. The smallest absolute Gasteiger partial charge is 0.374 e. The van der Waals surface area contributed by atoms with E-state index in [1.54, 1.807) is 6.92 Å². The van der Waals surface area contributed by atoms with Crippen molar-refractivity contribution in [2.45, 2.75) is 6.92 Å². The van der Waals surface area contributed by atoms with Crippen molar-refractivity contribution in [1.82, 2.24) is 9.97 Å². The van der Waals surface area contributed by atoms with Gasteiger partial charge in [-0.2, -0.15) is 0 Å². The van der Waals surface area contributed by atoms with Crippen LogP contribution in [0.25, 0.3) is 10.9 Å². The lowest BCUT2D eigenvalue weighted by molar-refractivity contribution is 0.0512. The van der Waals surface area contributed by atoms with Crippen LogP contribution in [0.4, 0.5) is 4.39 Å². The van der Waals surface area contributed by atoms with Crippen molar-refractivity contribution in [3.8, 4) is 0 Å². The molecule has 17 heavy (non-hydrogen) atoms. The van der Waals surface area contributed by atoms with Crippen molar-refractivity contribution in [3.05, 3.63) is 40.2 Å². The molecule has 0 atom stereocenters. The van der Waals surface area contributed by atoms with E-state index in [2.05, 4.69) is 9.97 Å². The molecule has 1 aromatic carbocycles. The largest absolute Gasteiger partial charge is 0.460 e. The highest BCUT2D eigenvalue weighted by Crippen LogP contribution is 2.11. The first-order chi connectivity index (χ1) is 8.13. The van der Waals surface area contributed by atoms with Crippen LogP contribution in [0, 0.1) is 5.82 Å². The lowest BCUT2D eigenvalue weighted by Gasteiger charge is -2.02. The predicted molar refractivity (Wildman–Crippen MR) is 58.3 cm³/mol. The van der Waals surface area contributed by atoms with E-state index in [-0.39, 0.29) is 23.3 Å². The molecule has 0 amide bonds. The van der Waals surface area contributed by atoms with Gasteiger partial charge in [0.1, 0.15) is 11.2 Å². The van der Waals surface area contributed by atoms with Gasteiger partial charge in [-0.05, 0) is 19.1 Å². The average molecular weight is 236 g/mol. The van der Waals surface area contributed by atoms with E-state index >= 15 is 0 Å². The Balaban J connectivity index is 2.65. The van der Waals surface area contributed by atoms with Crippen LogP contribution in [-0.2, 0) is 4.74 Å². The maximum absolute atomic E-state index is 13.4. The predicted octanol–water partition coefficient (Wildman–Crippen LogP) is 1.24. The summed E-state index contributed by atoms with van der Waals surface area (Å²) >= 11 is 0. The molecular formula is C11H9FN2O3. The average Bonchev–Trinajstić information content (AvgIpc) is 2.29. The summed E-state index contributed by atoms with van der Waals surface area (Å²) in [6.45, 7) is 1.81. The molecule has 88 valence electrons. The van der Waals surface area contributed by atoms with Crippen molar-refractivity contribution in [2.24, 2.45) is 0 Å². The van der Waals surface area contributed by atoms with Crippen molar-refractivity contribution < 1.29 is 13.9 Å². The van der Waals surface area contributed by atoms with E-state index in [1.807, 2.05) is 0 Å². The van der Waals surface area contributed by atoms with E-state index in [0.29, 0.717) is 0 Å². The molecule has 0 aliphatic carbocycles. The van der Waals surface area contributed by atoms with Gasteiger partial charge in [-0.3, -0.25) is 4.79 Å². The third kappa shape index (κ3) is 2.01. The molecule has 0 aliphatic heterocycles. The number of H-pyrrole nitrogens is 1. The number of nitrogens with one attached hydrogen (secondary N) is 1. The lowest BCUT2D eigenvalue weighted by Crippen LogP contribution is -2.18. The number of aromatic nitrogens is 2. The topological polar surface area (TPSA) is 72.0 Å². The highest BCUT2D eigenvalue weighted by Gasteiger charge is 2.13. The molecule has 0 fully saturated rings.